The number of carbonyl (C=O) groups excluding carboxylic acids is 3. The van der Waals surface area contributed by atoms with Gasteiger partial charge in [-0.25, -0.2) is 0 Å². The lowest BCUT2D eigenvalue weighted by molar-refractivity contribution is -0.173. The van der Waals surface area contributed by atoms with Crippen molar-refractivity contribution >= 4 is 17.7 Å². The zero-order valence-electron chi connectivity index (χ0n) is 18.5. The van der Waals surface area contributed by atoms with Crippen LogP contribution in [0, 0.1) is 0 Å². The van der Waals surface area contributed by atoms with E-state index >= 15 is 0 Å². The number of ether oxygens (including phenoxy) is 3. The van der Waals surface area contributed by atoms with Crippen molar-refractivity contribution < 1.29 is 68.1 Å². The Morgan fingerprint density at radius 2 is 0.722 bits per heavy atom. The van der Waals surface area contributed by atoms with E-state index < -0.39 is 89.8 Å². The molecule has 1 rings (SSSR count). The number of hydrogen-bond acceptors (Lipinski definition) is 6. The zero-order chi connectivity index (χ0) is 28.1. The molecule has 1 aromatic carbocycles. The molecule has 36 heavy (non-hydrogen) atoms. The molecule has 0 saturated heterocycles. The first-order chi connectivity index (χ1) is 16.4. The van der Waals surface area contributed by atoms with E-state index in [-0.39, 0.29) is 0 Å². The summed E-state index contributed by atoms with van der Waals surface area (Å²) in [5, 5.41) is 4.38. The van der Waals surface area contributed by atoms with Crippen LogP contribution >= 0.6 is 0 Å². The van der Waals surface area contributed by atoms with Crippen LogP contribution in [0.2, 0.25) is 0 Å². The fraction of sp³-hybridized carbons (Fsp3) is 0.500. The van der Waals surface area contributed by atoms with E-state index in [0.717, 1.165) is 21.3 Å². The molecule has 1 aromatic rings. The number of alkyl halides is 9. The van der Waals surface area contributed by atoms with E-state index in [2.05, 4.69) is 0 Å². The summed E-state index contributed by atoms with van der Waals surface area (Å²) in [6.07, 6.45) is -16.0. The lowest BCUT2D eigenvalue weighted by Crippen LogP contribution is -2.38. The lowest BCUT2D eigenvalue weighted by atomic mass is 9.99. The van der Waals surface area contributed by atoms with Gasteiger partial charge in [-0.05, 0) is 0 Å². The van der Waals surface area contributed by atoms with Gasteiger partial charge in [0.25, 0.3) is 0 Å². The molecule has 0 aromatic heterocycles. The van der Waals surface area contributed by atoms with Crippen LogP contribution in [0.1, 0.15) is 16.7 Å². The van der Waals surface area contributed by atoms with Crippen LogP contribution in [0.5, 0.6) is 17.2 Å². The molecule has 0 radical (unpaired) electrons. The smallest absolute Gasteiger partial charge is 0.471 e. The maximum atomic E-state index is 12.6. The van der Waals surface area contributed by atoms with Gasteiger partial charge in [0.05, 0.1) is 57.7 Å². The molecule has 0 heterocycles. The summed E-state index contributed by atoms with van der Waals surface area (Å²) in [6.45, 7) is -3.14. The predicted octanol–water partition coefficient (Wildman–Crippen LogP) is 2.25. The Bertz CT molecular complexity index is 846. The minimum absolute atomic E-state index is 0.481. The van der Waals surface area contributed by atoms with Gasteiger partial charge < -0.3 is 30.2 Å². The Labute approximate surface area is 196 Å². The van der Waals surface area contributed by atoms with Crippen molar-refractivity contribution in [2.45, 2.75) is 38.2 Å². The Kier molecular flexibility index (Phi) is 9.66. The van der Waals surface area contributed by atoms with Crippen molar-refractivity contribution in [2.24, 2.45) is 0 Å². The summed E-state index contributed by atoms with van der Waals surface area (Å²) in [5.74, 6) is -8.91. The van der Waals surface area contributed by atoms with E-state index in [9.17, 15) is 53.9 Å². The van der Waals surface area contributed by atoms with Crippen molar-refractivity contribution in [1.29, 1.82) is 0 Å². The van der Waals surface area contributed by atoms with Gasteiger partial charge in [-0.3, -0.25) is 14.4 Å². The molecule has 18 heteroatoms. The lowest BCUT2D eigenvalue weighted by Gasteiger charge is -2.25. The highest BCUT2D eigenvalue weighted by atomic mass is 19.4. The molecule has 0 unspecified atom stereocenters. The van der Waals surface area contributed by atoms with Crippen LogP contribution in [0.15, 0.2) is 0 Å². The van der Waals surface area contributed by atoms with Gasteiger partial charge in [-0.15, -0.1) is 0 Å². The summed E-state index contributed by atoms with van der Waals surface area (Å²) < 4.78 is 129. The molecule has 3 amide bonds. The summed E-state index contributed by atoms with van der Waals surface area (Å²) in [4.78, 5) is 33.8. The van der Waals surface area contributed by atoms with Crippen LogP contribution in [0.25, 0.3) is 0 Å². The fourth-order valence-electron chi connectivity index (χ4n) is 2.88. The average Bonchev–Trinajstić information content (AvgIpc) is 2.76. The Morgan fingerprint density at radius 3 is 0.861 bits per heavy atom. The van der Waals surface area contributed by atoms with E-state index in [1.165, 1.54) is 16.0 Å². The molecule has 9 nitrogen and oxygen atoms in total. The molecule has 0 spiro atoms. The summed E-state index contributed by atoms with van der Waals surface area (Å²) in [7, 11) is 2.76. The van der Waals surface area contributed by atoms with E-state index in [1.807, 2.05) is 0 Å². The molecular weight excluding hydrogens is 525 g/mol. The first-order valence-corrected chi connectivity index (χ1v) is 9.27. The third-order valence-corrected chi connectivity index (χ3v) is 4.31. The molecular formula is C18H18F9N3O6. The standard InChI is InChI=1S/C18H18F9N3O6/c1-34-10-7(4-28-13(31)16(19,20)21)11(35-2)9(6-30-15(33)18(25,26)27)12(36-3)8(10)5-29-14(32)17(22,23)24/h4-6H2,1-3H3,(H,28,31)(H,29,32)(H,30,33). The summed E-state index contributed by atoms with van der Waals surface area (Å²) in [6, 6.07) is 0. The van der Waals surface area contributed by atoms with Crippen molar-refractivity contribution in [3.63, 3.8) is 0 Å². The van der Waals surface area contributed by atoms with Gasteiger partial charge in [-0.2, -0.15) is 39.5 Å². The highest BCUT2D eigenvalue weighted by molar-refractivity contribution is 5.83. The molecule has 204 valence electrons. The second kappa shape index (κ2) is 11.4. The predicted molar refractivity (Wildman–Crippen MR) is 99.8 cm³/mol. The highest BCUT2D eigenvalue weighted by Crippen LogP contribution is 2.44. The van der Waals surface area contributed by atoms with Crippen LogP contribution in [-0.2, 0) is 34.0 Å². The second-order valence-electron chi connectivity index (χ2n) is 6.58. The highest BCUT2D eigenvalue weighted by Gasteiger charge is 2.41. The Hall–Kier alpha value is -3.60. The Morgan fingerprint density at radius 1 is 0.528 bits per heavy atom. The minimum Gasteiger partial charge on any atom is -0.496 e. The third-order valence-electron chi connectivity index (χ3n) is 4.31. The molecule has 0 aliphatic carbocycles. The SMILES string of the molecule is COc1c(CNC(=O)C(F)(F)F)c(OC)c(CNC(=O)C(F)(F)F)c(OC)c1CNC(=O)C(F)(F)F. The van der Waals surface area contributed by atoms with Crippen LogP contribution in [0.3, 0.4) is 0 Å². The van der Waals surface area contributed by atoms with Gasteiger partial charge in [0.1, 0.15) is 17.2 Å². The first kappa shape index (κ1) is 30.4. The van der Waals surface area contributed by atoms with Crippen molar-refractivity contribution in [3.8, 4) is 17.2 Å². The van der Waals surface area contributed by atoms with Gasteiger partial charge in [0, 0.05) is 0 Å². The molecule has 0 fully saturated rings. The van der Waals surface area contributed by atoms with E-state index in [1.54, 1.807) is 0 Å². The van der Waals surface area contributed by atoms with Crippen LogP contribution < -0.4 is 30.2 Å². The largest absolute Gasteiger partial charge is 0.496 e. The number of benzene rings is 1. The number of methoxy groups -OCH3 is 3. The maximum absolute atomic E-state index is 12.6. The summed E-state index contributed by atoms with van der Waals surface area (Å²) >= 11 is 0. The van der Waals surface area contributed by atoms with Crippen LogP contribution in [0.4, 0.5) is 39.5 Å². The fourth-order valence-corrected chi connectivity index (χ4v) is 2.88. The quantitative estimate of drug-likeness (QED) is 0.412. The normalized spacial score (nSPS) is 12.0. The monoisotopic (exact) mass is 543 g/mol. The second-order valence-corrected chi connectivity index (χ2v) is 6.58. The number of hydrogen-bond donors (Lipinski definition) is 3. The van der Waals surface area contributed by atoms with Gasteiger partial charge in [0.2, 0.25) is 0 Å². The van der Waals surface area contributed by atoms with Gasteiger partial charge in [0.15, 0.2) is 0 Å². The average molecular weight is 543 g/mol. The number of carbonyl (C=O) groups is 3. The molecule has 0 aliphatic heterocycles. The third kappa shape index (κ3) is 7.45. The Balaban J connectivity index is 3.72. The van der Waals surface area contributed by atoms with Crippen molar-refractivity contribution in [3.05, 3.63) is 16.7 Å². The zero-order valence-corrected chi connectivity index (χ0v) is 18.5. The van der Waals surface area contributed by atoms with E-state index in [0.29, 0.717) is 0 Å². The van der Waals surface area contributed by atoms with E-state index in [4.69, 9.17) is 14.2 Å². The van der Waals surface area contributed by atoms with Crippen LogP contribution in [-0.4, -0.2) is 57.6 Å². The molecule has 0 aliphatic rings. The number of nitrogens with one attached hydrogen (secondary N) is 3. The van der Waals surface area contributed by atoms with Crippen molar-refractivity contribution in [2.75, 3.05) is 21.3 Å². The molecule has 0 atom stereocenters. The number of rotatable bonds is 9. The number of halogens is 9. The van der Waals surface area contributed by atoms with Gasteiger partial charge >= 0.3 is 36.3 Å². The molecule has 0 saturated carbocycles. The number of amides is 3. The first-order valence-electron chi connectivity index (χ1n) is 9.27. The van der Waals surface area contributed by atoms with Crippen molar-refractivity contribution in [1.82, 2.24) is 16.0 Å². The summed E-state index contributed by atoms with van der Waals surface area (Å²) in [5.41, 5.74) is -1.44. The topological polar surface area (TPSA) is 115 Å². The molecule has 3 N–H and O–H groups in total. The maximum Gasteiger partial charge on any atom is 0.471 e. The van der Waals surface area contributed by atoms with Gasteiger partial charge in [-0.1, -0.05) is 0 Å². The minimum atomic E-state index is -5.35. The molecule has 0 bridgehead atoms.